The Hall–Kier alpha value is -1.80. The Morgan fingerprint density at radius 2 is 2.24 bits per heavy atom. The molecule has 3 aliphatic rings. The number of rotatable bonds is 4. The zero-order valence-corrected chi connectivity index (χ0v) is 12.1. The lowest BCUT2D eigenvalue weighted by Gasteiger charge is -2.30. The number of carbonyl (C=O) groups is 1. The first-order chi connectivity index (χ1) is 10.2. The molecule has 0 aliphatic carbocycles. The van der Waals surface area contributed by atoms with Gasteiger partial charge in [-0.15, -0.1) is 0 Å². The van der Waals surface area contributed by atoms with Crippen LogP contribution in [-0.2, 0) is 14.3 Å². The van der Waals surface area contributed by atoms with Crippen LogP contribution in [0.15, 0.2) is 16.5 Å². The van der Waals surface area contributed by atoms with E-state index in [1.807, 2.05) is 6.92 Å². The van der Waals surface area contributed by atoms with Gasteiger partial charge in [-0.05, 0) is 6.92 Å². The summed E-state index contributed by atoms with van der Waals surface area (Å²) in [6.45, 7) is 7.38. The highest BCUT2D eigenvalue weighted by atomic mass is 16.5. The third-order valence-corrected chi connectivity index (χ3v) is 3.58. The average molecular weight is 295 g/mol. The smallest absolute Gasteiger partial charge is 0.332 e. The molecule has 8 nitrogen and oxygen atoms in total. The van der Waals surface area contributed by atoms with Gasteiger partial charge >= 0.3 is 5.97 Å². The largest absolute Gasteiger partial charge is 0.404 e. The first-order valence-corrected chi connectivity index (χ1v) is 7.30. The molecule has 3 N–H and O–H groups in total. The van der Waals surface area contributed by atoms with Gasteiger partial charge in [0.2, 0.25) is 5.90 Å². The maximum Gasteiger partial charge on any atom is 0.332 e. The Morgan fingerprint density at radius 1 is 1.43 bits per heavy atom. The number of aliphatic imine (C=N–C) groups is 1. The molecule has 8 heteroatoms. The summed E-state index contributed by atoms with van der Waals surface area (Å²) in [6.07, 6.45) is -0.123. The summed E-state index contributed by atoms with van der Waals surface area (Å²) in [5, 5.41) is 9.66. The van der Waals surface area contributed by atoms with Crippen LogP contribution in [0.2, 0.25) is 0 Å². The number of morpholine rings is 2. The van der Waals surface area contributed by atoms with Gasteiger partial charge in [-0.2, -0.15) is 0 Å². The Bertz CT molecular complexity index is 470. The fourth-order valence-corrected chi connectivity index (χ4v) is 2.51. The van der Waals surface area contributed by atoms with Gasteiger partial charge in [-0.1, -0.05) is 0 Å². The molecule has 3 heterocycles. The van der Waals surface area contributed by atoms with Crippen LogP contribution in [0, 0.1) is 0 Å². The molecular weight excluding hydrogens is 274 g/mol. The summed E-state index contributed by atoms with van der Waals surface area (Å²) in [5.41, 5.74) is 0.731. The summed E-state index contributed by atoms with van der Waals surface area (Å²) >= 11 is 0. The average Bonchev–Trinajstić information content (AvgIpc) is 2.47. The molecule has 0 spiro atoms. The van der Waals surface area contributed by atoms with Crippen molar-refractivity contribution in [2.75, 3.05) is 45.9 Å². The quantitative estimate of drug-likeness (QED) is 0.548. The van der Waals surface area contributed by atoms with Crippen molar-refractivity contribution >= 4 is 11.9 Å². The standard InChI is InChI=1S/C13H21N5O3/c1-9-16-12(11-13(17-9)21-10(19)8-15-11)14-2-3-18-4-6-20-7-5-18/h9,14-16H,2-8H2,1H3. The first-order valence-electron chi connectivity index (χ1n) is 7.30. The van der Waals surface area contributed by atoms with Gasteiger partial charge < -0.3 is 25.4 Å². The molecule has 3 rings (SSSR count). The summed E-state index contributed by atoms with van der Waals surface area (Å²) in [7, 11) is 0. The molecule has 2 saturated heterocycles. The van der Waals surface area contributed by atoms with Crippen LogP contribution in [0.3, 0.4) is 0 Å². The number of hydrogen-bond donors (Lipinski definition) is 3. The molecule has 0 aromatic heterocycles. The Balaban J connectivity index is 1.58. The number of nitrogens with zero attached hydrogens (tertiary/aromatic N) is 2. The molecule has 2 fully saturated rings. The zero-order chi connectivity index (χ0) is 14.7. The predicted molar refractivity (Wildman–Crippen MR) is 76.4 cm³/mol. The highest BCUT2D eigenvalue weighted by molar-refractivity contribution is 6.03. The molecule has 116 valence electrons. The second kappa shape index (κ2) is 6.31. The van der Waals surface area contributed by atoms with Crippen LogP contribution in [0.4, 0.5) is 0 Å². The fraction of sp³-hybridized carbons (Fsp3) is 0.692. The Labute approximate surface area is 123 Å². The minimum absolute atomic E-state index is 0.123. The van der Waals surface area contributed by atoms with Gasteiger partial charge in [0.25, 0.3) is 0 Å². The van der Waals surface area contributed by atoms with Crippen molar-refractivity contribution in [1.29, 1.82) is 0 Å². The van der Waals surface area contributed by atoms with E-state index in [-0.39, 0.29) is 18.7 Å². The summed E-state index contributed by atoms with van der Waals surface area (Å²) in [4.78, 5) is 17.9. The number of nitrogens with one attached hydrogen (secondary N) is 3. The first kappa shape index (κ1) is 14.2. The van der Waals surface area contributed by atoms with Crippen LogP contribution in [0.25, 0.3) is 0 Å². The van der Waals surface area contributed by atoms with E-state index in [9.17, 15) is 4.79 Å². The number of carbonyl (C=O) groups excluding carboxylic acids is 1. The van der Waals surface area contributed by atoms with Gasteiger partial charge in [0, 0.05) is 26.2 Å². The lowest BCUT2D eigenvalue weighted by atomic mass is 10.3. The molecule has 1 atom stereocenters. The zero-order valence-electron chi connectivity index (χ0n) is 12.1. The third-order valence-electron chi connectivity index (χ3n) is 3.58. The van der Waals surface area contributed by atoms with Gasteiger partial charge in [-0.25, -0.2) is 9.79 Å². The molecule has 0 aromatic carbocycles. The van der Waals surface area contributed by atoms with Gasteiger partial charge in [0.15, 0.2) is 0 Å². The number of esters is 1. The number of hydrogen-bond acceptors (Lipinski definition) is 8. The molecule has 0 aromatic rings. The second-order valence-corrected chi connectivity index (χ2v) is 5.21. The van der Waals surface area contributed by atoms with E-state index in [1.165, 1.54) is 0 Å². The van der Waals surface area contributed by atoms with Crippen molar-refractivity contribution in [1.82, 2.24) is 20.9 Å². The van der Waals surface area contributed by atoms with Crippen LogP contribution >= 0.6 is 0 Å². The van der Waals surface area contributed by atoms with E-state index in [2.05, 4.69) is 25.8 Å². The summed E-state index contributed by atoms with van der Waals surface area (Å²) < 4.78 is 10.5. The molecule has 0 bridgehead atoms. The van der Waals surface area contributed by atoms with Gasteiger partial charge in [-0.3, -0.25) is 4.90 Å². The van der Waals surface area contributed by atoms with Crippen molar-refractivity contribution in [2.45, 2.75) is 13.1 Å². The van der Waals surface area contributed by atoms with E-state index in [1.54, 1.807) is 0 Å². The number of ether oxygens (including phenoxy) is 2. The molecule has 0 amide bonds. The highest BCUT2D eigenvalue weighted by Crippen LogP contribution is 2.12. The van der Waals surface area contributed by atoms with Crippen LogP contribution in [-0.4, -0.2) is 68.9 Å². The lowest BCUT2D eigenvalue weighted by molar-refractivity contribution is -0.135. The minimum atomic E-state index is -0.306. The van der Waals surface area contributed by atoms with E-state index in [4.69, 9.17) is 9.47 Å². The molecule has 0 radical (unpaired) electrons. The second-order valence-electron chi connectivity index (χ2n) is 5.21. The van der Waals surface area contributed by atoms with Crippen molar-refractivity contribution in [3.8, 4) is 0 Å². The van der Waals surface area contributed by atoms with Crippen molar-refractivity contribution < 1.29 is 14.3 Å². The van der Waals surface area contributed by atoms with Crippen molar-refractivity contribution in [2.24, 2.45) is 4.99 Å². The Kier molecular flexibility index (Phi) is 4.26. The highest BCUT2D eigenvalue weighted by Gasteiger charge is 2.28. The third kappa shape index (κ3) is 3.45. The van der Waals surface area contributed by atoms with E-state index >= 15 is 0 Å². The van der Waals surface area contributed by atoms with Crippen molar-refractivity contribution in [3.63, 3.8) is 0 Å². The van der Waals surface area contributed by atoms with Gasteiger partial charge in [0.05, 0.1) is 13.2 Å². The topological polar surface area (TPSA) is 87.2 Å². The monoisotopic (exact) mass is 295 g/mol. The van der Waals surface area contributed by atoms with Crippen LogP contribution in [0.1, 0.15) is 6.92 Å². The molecule has 21 heavy (non-hydrogen) atoms. The van der Waals surface area contributed by atoms with E-state index < -0.39 is 0 Å². The van der Waals surface area contributed by atoms with E-state index in [0.717, 1.165) is 50.9 Å². The normalized spacial score (nSPS) is 26.2. The maximum absolute atomic E-state index is 11.3. The maximum atomic E-state index is 11.3. The SMILES string of the molecule is CC1N=C2OC(=O)CNC2=C(NCCN2CCOCC2)N1. The predicted octanol–water partition coefficient (Wildman–Crippen LogP) is -1.43. The summed E-state index contributed by atoms with van der Waals surface area (Å²) in [6, 6.07) is 0. The molecule has 3 aliphatic heterocycles. The van der Waals surface area contributed by atoms with Crippen molar-refractivity contribution in [3.05, 3.63) is 11.5 Å². The lowest BCUT2D eigenvalue weighted by Crippen LogP contribution is -2.49. The van der Waals surface area contributed by atoms with Crippen LogP contribution in [0.5, 0.6) is 0 Å². The van der Waals surface area contributed by atoms with Crippen LogP contribution < -0.4 is 16.0 Å². The minimum Gasteiger partial charge on any atom is -0.404 e. The number of fused-ring (bicyclic) bond motifs is 1. The summed E-state index contributed by atoms with van der Waals surface area (Å²) in [5.74, 6) is 0.902. The fourth-order valence-electron chi connectivity index (χ4n) is 2.51. The molecule has 1 unspecified atom stereocenters. The molecule has 0 saturated carbocycles. The van der Waals surface area contributed by atoms with E-state index in [0.29, 0.717) is 5.90 Å². The Morgan fingerprint density at radius 3 is 3.05 bits per heavy atom. The van der Waals surface area contributed by atoms with Gasteiger partial charge in [0.1, 0.15) is 24.2 Å². The molecular formula is C13H21N5O3.